The van der Waals surface area contributed by atoms with E-state index in [-0.39, 0.29) is 12.0 Å². The fourth-order valence-electron chi connectivity index (χ4n) is 3.47. The molecule has 0 spiro atoms. The lowest BCUT2D eigenvalue weighted by molar-refractivity contribution is -0.140. The van der Waals surface area contributed by atoms with Gasteiger partial charge in [0.05, 0.1) is 13.2 Å². The molecule has 0 bridgehead atoms. The number of aryl methyl sites for hydroxylation is 1. The Morgan fingerprint density at radius 1 is 1.52 bits per heavy atom. The van der Waals surface area contributed by atoms with Gasteiger partial charge in [0.1, 0.15) is 11.9 Å². The Balaban J connectivity index is 1.54. The molecule has 2 aliphatic heterocycles. The minimum Gasteiger partial charge on any atom is -0.366 e. The predicted octanol–water partition coefficient (Wildman–Crippen LogP) is 1.04. The zero-order chi connectivity index (χ0) is 16.2. The van der Waals surface area contributed by atoms with Crippen LogP contribution in [0.15, 0.2) is 0 Å². The molecule has 1 aromatic heterocycles. The molecule has 0 radical (unpaired) electrons. The molecule has 3 atom stereocenters. The molecule has 3 unspecified atom stereocenters. The third-order valence-electron chi connectivity index (χ3n) is 4.96. The SMILES string of the molecule is Cc1nc(C2CN(C(=O)CC(C)C3CCCNC3)CCO2)n[nH]1. The minimum absolute atomic E-state index is 0.218. The summed E-state index contributed by atoms with van der Waals surface area (Å²) in [6.07, 6.45) is 2.84. The molecule has 2 aliphatic rings. The van der Waals surface area contributed by atoms with Crippen LogP contribution in [0.2, 0.25) is 0 Å². The Kier molecular flexibility index (Phi) is 5.27. The van der Waals surface area contributed by atoms with E-state index in [2.05, 4.69) is 27.4 Å². The van der Waals surface area contributed by atoms with E-state index in [9.17, 15) is 4.79 Å². The van der Waals surface area contributed by atoms with E-state index < -0.39 is 0 Å². The predicted molar refractivity (Wildman–Crippen MR) is 85.8 cm³/mol. The van der Waals surface area contributed by atoms with Crippen LogP contribution < -0.4 is 5.32 Å². The summed E-state index contributed by atoms with van der Waals surface area (Å²) in [5, 5.41) is 10.4. The number of hydrogen-bond acceptors (Lipinski definition) is 5. The van der Waals surface area contributed by atoms with Crippen molar-refractivity contribution >= 4 is 5.91 Å². The van der Waals surface area contributed by atoms with Crippen LogP contribution in [0.1, 0.15) is 43.9 Å². The molecule has 0 saturated carbocycles. The second kappa shape index (κ2) is 7.40. The van der Waals surface area contributed by atoms with E-state index in [4.69, 9.17) is 4.74 Å². The van der Waals surface area contributed by atoms with Crippen LogP contribution in [0.25, 0.3) is 0 Å². The zero-order valence-corrected chi connectivity index (χ0v) is 14.0. The number of hydrogen-bond donors (Lipinski definition) is 2. The van der Waals surface area contributed by atoms with Crippen LogP contribution >= 0.6 is 0 Å². The van der Waals surface area contributed by atoms with E-state index in [0.717, 1.165) is 18.9 Å². The molecule has 2 saturated heterocycles. The summed E-state index contributed by atoms with van der Waals surface area (Å²) in [5.74, 6) is 2.67. The van der Waals surface area contributed by atoms with Crippen molar-refractivity contribution in [3.8, 4) is 0 Å². The first-order chi connectivity index (χ1) is 11.1. The Morgan fingerprint density at radius 2 is 2.39 bits per heavy atom. The van der Waals surface area contributed by atoms with Gasteiger partial charge in [0.2, 0.25) is 5.91 Å². The quantitative estimate of drug-likeness (QED) is 0.866. The fraction of sp³-hybridized carbons (Fsp3) is 0.812. The summed E-state index contributed by atoms with van der Waals surface area (Å²) in [7, 11) is 0. The number of aromatic nitrogens is 3. The van der Waals surface area contributed by atoms with Crippen LogP contribution in [-0.2, 0) is 9.53 Å². The van der Waals surface area contributed by atoms with Crippen molar-refractivity contribution in [2.24, 2.45) is 11.8 Å². The summed E-state index contributed by atoms with van der Waals surface area (Å²) >= 11 is 0. The van der Waals surface area contributed by atoms with Crippen molar-refractivity contribution in [1.82, 2.24) is 25.4 Å². The van der Waals surface area contributed by atoms with Gasteiger partial charge >= 0.3 is 0 Å². The topological polar surface area (TPSA) is 83.1 Å². The van der Waals surface area contributed by atoms with E-state index in [1.807, 2.05) is 11.8 Å². The lowest BCUT2D eigenvalue weighted by Gasteiger charge is -2.34. The second-order valence-corrected chi connectivity index (χ2v) is 6.77. The molecule has 3 heterocycles. The maximum absolute atomic E-state index is 12.6. The highest BCUT2D eigenvalue weighted by atomic mass is 16.5. The number of aromatic amines is 1. The van der Waals surface area contributed by atoms with Gasteiger partial charge in [0, 0.05) is 13.0 Å². The molecule has 1 aromatic rings. The van der Waals surface area contributed by atoms with Crippen LogP contribution in [0.5, 0.6) is 0 Å². The summed E-state index contributed by atoms with van der Waals surface area (Å²) in [6.45, 7) is 7.97. The Bertz CT molecular complexity index is 526. The third kappa shape index (κ3) is 4.09. The van der Waals surface area contributed by atoms with Crippen molar-refractivity contribution in [3.05, 3.63) is 11.6 Å². The maximum atomic E-state index is 12.6. The van der Waals surface area contributed by atoms with Gasteiger partial charge < -0.3 is 15.0 Å². The van der Waals surface area contributed by atoms with Crippen molar-refractivity contribution < 1.29 is 9.53 Å². The van der Waals surface area contributed by atoms with Crippen LogP contribution in [0.4, 0.5) is 0 Å². The van der Waals surface area contributed by atoms with Gasteiger partial charge in [-0.15, -0.1) is 0 Å². The molecule has 23 heavy (non-hydrogen) atoms. The van der Waals surface area contributed by atoms with Crippen LogP contribution in [-0.4, -0.2) is 58.8 Å². The zero-order valence-electron chi connectivity index (χ0n) is 14.0. The van der Waals surface area contributed by atoms with E-state index >= 15 is 0 Å². The fourth-order valence-corrected chi connectivity index (χ4v) is 3.47. The molecule has 1 amide bonds. The minimum atomic E-state index is -0.218. The van der Waals surface area contributed by atoms with Gasteiger partial charge in [-0.25, -0.2) is 4.98 Å². The lowest BCUT2D eigenvalue weighted by atomic mass is 9.85. The highest BCUT2D eigenvalue weighted by molar-refractivity contribution is 5.76. The Morgan fingerprint density at radius 3 is 3.09 bits per heavy atom. The third-order valence-corrected chi connectivity index (χ3v) is 4.96. The molecule has 128 valence electrons. The number of nitrogens with one attached hydrogen (secondary N) is 2. The second-order valence-electron chi connectivity index (χ2n) is 6.77. The highest BCUT2D eigenvalue weighted by Crippen LogP contribution is 2.25. The number of amides is 1. The summed E-state index contributed by atoms with van der Waals surface area (Å²) < 4.78 is 5.73. The number of H-pyrrole nitrogens is 1. The number of nitrogens with zero attached hydrogens (tertiary/aromatic N) is 3. The highest BCUT2D eigenvalue weighted by Gasteiger charge is 2.30. The number of rotatable bonds is 4. The Hall–Kier alpha value is -1.47. The van der Waals surface area contributed by atoms with Gasteiger partial charge in [0.25, 0.3) is 0 Å². The van der Waals surface area contributed by atoms with Gasteiger partial charge in [-0.3, -0.25) is 9.89 Å². The molecule has 2 N–H and O–H groups in total. The summed E-state index contributed by atoms with van der Waals surface area (Å²) in [6, 6.07) is 0. The summed E-state index contributed by atoms with van der Waals surface area (Å²) in [4.78, 5) is 18.9. The van der Waals surface area contributed by atoms with E-state index in [0.29, 0.717) is 43.8 Å². The smallest absolute Gasteiger partial charge is 0.223 e. The van der Waals surface area contributed by atoms with Crippen molar-refractivity contribution in [3.63, 3.8) is 0 Å². The molecule has 7 nitrogen and oxygen atoms in total. The lowest BCUT2D eigenvalue weighted by Crippen LogP contribution is -2.44. The van der Waals surface area contributed by atoms with Crippen molar-refractivity contribution in [2.45, 2.75) is 39.2 Å². The standard InChI is InChI=1S/C16H27N5O2/c1-11(13-4-3-5-17-9-13)8-15(22)21-6-7-23-14(10-21)16-18-12(2)19-20-16/h11,13-14,17H,3-10H2,1-2H3,(H,18,19,20). The number of morpholine rings is 1. The number of carbonyl (C=O) groups excluding carboxylic acids is 1. The van der Waals surface area contributed by atoms with Gasteiger partial charge in [-0.2, -0.15) is 5.10 Å². The first-order valence-electron chi connectivity index (χ1n) is 8.62. The Labute approximate surface area is 137 Å². The van der Waals surface area contributed by atoms with E-state index in [1.54, 1.807) is 0 Å². The molecule has 7 heteroatoms. The van der Waals surface area contributed by atoms with Crippen molar-refractivity contribution in [2.75, 3.05) is 32.8 Å². The van der Waals surface area contributed by atoms with Gasteiger partial charge in [-0.1, -0.05) is 6.92 Å². The number of carbonyl (C=O) groups is 1. The molecule has 3 rings (SSSR count). The normalized spacial score (nSPS) is 27.0. The molecule has 0 aliphatic carbocycles. The largest absolute Gasteiger partial charge is 0.366 e. The number of ether oxygens (including phenoxy) is 1. The number of piperidine rings is 1. The molecular formula is C16H27N5O2. The molecule has 0 aromatic carbocycles. The summed E-state index contributed by atoms with van der Waals surface area (Å²) in [5.41, 5.74) is 0. The molecular weight excluding hydrogens is 294 g/mol. The van der Waals surface area contributed by atoms with Gasteiger partial charge in [-0.05, 0) is 44.7 Å². The first-order valence-corrected chi connectivity index (χ1v) is 8.62. The van der Waals surface area contributed by atoms with Crippen molar-refractivity contribution in [1.29, 1.82) is 0 Å². The average Bonchev–Trinajstić information content (AvgIpc) is 3.02. The monoisotopic (exact) mass is 321 g/mol. The molecule has 2 fully saturated rings. The van der Waals surface area contributed by atoms with Gasteiger partial charge in [0.15, 0.2) is 5.82 Å². The van der Waals surface area contributed by atoms with Crippen LogP contribution in [0, 0.1) is 18.8 Å². The average molecular weight is 321 g/mol. The van der Waals surface area contributed by atoms with E-state index in [1.165, 1.54) is 12.8 Å². The maximum Gasteiger partial charge on any atom is 0.223 e. The van der Waals surface area contributed by atoms with Crippen LogP contribution in [0.3, 0.4) is 0 Å². The first kappa shape index (κ1) is 16.4.